The maximum absolute atomic E-state index is 12.2. The third-order valence-corrected chi connectivity index (χ3v) is 3.32. The molecule has 2 rings (SSSR count). The molecule has 1 aromatic heterocycles. The SMILES string of the molecule is Cc1ccc(OCCNC(=O)c2c(C)noc2C(C)C)cc1. The molecule has 0 unspecified atom stereocenters. The Morgan fingerprint density at radius 3 is 2.59 bits per heavy atom. The van der Waals surface area contributed by atoms with E-state index in [0.29, 0.717) is 30.2 Å². The fourth-order valence-corrected chi connectivity index (χ4v) is 2.11. The highest BCUT2D eigenvalue weighted by Crippen LogP contribution is 2.21. The Bertz CT molecular complexity index is 630. The summed E-state index contributed by atoms with van der Waals surface area (Å²) in [5, 5.41) is 6.71. The normalized spacial score (nSPS) is 10.8. The van der Waals surface area contributed by atoms with Crippen molar-refractivity contribution in [3.05, 3.63) is 46.8 Å². The third-order valence-electron chi connectivity index (χ3n) is 3.32. The van der Waals surface area contributed by atoms with Gasteiger partial charge in [-0.25, -0.2) is 0 Å². The molecule has 0 bridgehead atoms. The van der Waals surface area contributed by atoms with E-state index in [1.165, 1.54) is 5.56 Å². The zero-order valence-corrected chi connectivity index (χ0v) is 13.5. The van der Waals surface area contributed by atoms with E-state index in [-0.39, 0.29) is 11.8 Å². The summed E-state index contributed by atoms with van der Waals surface area (Å²) in [6.45, 7) is 8.57. The van der Waals surface area contributed by atoms with Gasteiger partial charge in [0.1, 0.15) is 17.9 Å². The highest BCUT2D eigenvalue weighted by Gasteiger charge is 2.22. The molecular weight excluding hydrogens is 280 g/mol. The van der Waals surface area contributed by atoms with Gasteiger partial charge in [-0.2, -0.15) is 0 Å². The molecule has 5 nitrogen and oxygen atoms in total. The molecule has 1 N–H and O–H groups in total. The van der Waals surface area contributed by atoms with Crippen LogP contribution < -0.4 is 10.1 Å². The number of aromatic nitrogens is 1. The lowest BCUT2D eigenvalue weighted by atomic mass is 10.0. The second-order valence-electron chi connectivity index (χ2n) is 5.58. The first kappa shape index (κ1) is 16.1. The second kappa shape index (κ2) is 7.11. The average molecular weight is 302 g/mol. The van der Waals surface area contributed by atoms with Crippen LogP contribution in [0.5, 0.6) is 5.75 Å². The van der Waals surface area contributed by atoms with E-state index in [1.807, 2.05) is 45.0 Å². The van der Waals surface area contributed by atoms with Crippen LogP contribution in [-0.2, 0) is 0 Å². The minimum atomic E-state index is -0.171. The maximum Gasteiger partial charge on any atom is 0.256 e. The summed E-state index contributed by atoms with van der Waals surface area (Å²) in [5.41, 5.74) is 2.33. The van der Waals surface area contributed by atoms with Gasteiger partial charge >= 0.3 is 0 Å². The second-order valence-corrected chi connectivity index (χ2v) is 5.58. The van der Waals surface area contributed by atoms with Crippen molar-refractivity contribution in [3.8, 4) is 5.75 Å². The lowest BCUT2D eigenvalue weighted by molar-refractivity contribution is 0.0944. The van der Waals surface area contributed by atoms with Crippen molar-refractivity contribution in [1.82, 2.24) is 10.5 Å². The number of carbonyl (C=O) groups is 1. The summed E-state index contributed by atoms with van der Waals surface area (Å²) in [6, 6.07) is 7.81. The van der Waals surface area contributed by atoms with Crippen molar-refractivity contribution in [2.75, 3.05) is 13.2 Å². The van der Waals surface area contributed by atoms with Gasteiger partial charge in [0.2, 0.25) is 0 Å². The van der Waals surface area contributed by atoms with Crippen LogP contribution in [0.4, 0.5) is 0 Å². The fourth-order valence-electron chi connectivity index (χ4n) is 2.11. The van der Waals surface area contributed by atoms with Crippen LogP contribution in [0.25, 0.3) is 0 Å². The van der Waals surface area contributed by atoms with Crippen LogP contribution in [0.2, 0.25) is 0 Å². The highest BCUT2D eigenvalue weighted by molar-refractivity contribution is 5.96. The minimum Gasteiger partial charge on any atom is -0.492 e. The standard InChI is InChI=1S/C17H22N2O3/c1-11(2)16-15(13(4)19-22-16)17(20)18-9-10-21-14-7-5-12(3)6-8-14/h5-8,11H,9-10H2,1-4H3,(H,18,20). The van der Waals surface area contributed by atoms with Gasteiger partial charge in [-0.15, -0.1) is 0 Å². The lowest BCUT2D eigenvalue weighted by Crippen LogP contribution is -2.29. The molecule has 118 valence electrons. The first-order valence-electron chi connectivity index (χ1n) is 7.43. The zero-order valence-electron chi connectivity index (χ0n) is 13.5. The predicted octanol–water partition coefficient (Wildman–Crippen LogP) is 3.22. The van der Waals surface area contributed by atoms with E-state index in [9.17, 15) is 4.79 Å². The molecule has 0 atom stereocenters. The van der Waals surface area contributed by atoms with Gasteiger partial charge in [-0.05, 0) is 26.0 Å². The van der Waals surface area contributed by atoms with Gasteiger partial charge in [-0.3, -0.25) is 4.79 Å². The average Bonchev–Trinajstić information content (AvgIpc) is 2.87. The van der Waals surface area contributed by atoms with Crippen LogP contribution >= 0.6 is 0 Å². The Labute approximate surface area is 130 Å². The van der Waals surface area contributed by atoms with Crippen LogP contribution in [0.15, 0.2) is 28.8 Å². The number of aryl methyl sites for hydroxylation is 2. The number of nitrogens with one attached hydrogen (secondary N) is 1. The number of carbonyl (C=O) groups excluding carboxylic acids is 1. The van der Waals surface area contributed by atoms with Gasteiger partial charge < -0.3 is 14.6 Å². The molecule has 0 saturated heterocycles. The smallest absolute Gasteiger partial charge is 0.256 e. The van der Waals surface area contributed by atoms with Crippen molar-refractivity contribution in [3.63, 3.8) is 0 Å². The molecule has 2 aromatic rings. The van der Waals surface area contributed by atoms with Crippen LogP contribution in [0.1, 0.15) is 47.1 Å². The highest BCUT2D eigenvalue weighted by atomic mass is 16.5. The number of hydrogen-bond donors (Lipinski definition) is 1. The molecular formula is C17H22N2O3. The number of hydrogen-bond acceptors (Lipinski definition) is 4. The molecule has 1 aromatic carbocycles. The molecule has 22 heavy (non-hydrogen) atoms. The van der Waals surface area contributed by atoms with Crippen molar-refractivity contribution in [2.24, 2.45) is 0 Å². The minimum absolute atomic E-state index is 0.116. The number of benzene rings is 1. The number of amides is 1. The molecule has 0 radical (unpaired) electrons. The van der Waals surface area contributed by atoms with Gasteiger partial charge in [0.15, 0.2) is 5.76 Å². The van der Waals surface area contributed by atoms with Gasteiger partial charge in [-0.1, -0.05) is 36.7 Å². The van der Waals surface area contributed by atoms with Gasteiger partial charge in [0, 0.05) is 5.92 Å². The molecule has 5 heteroatoms. The molecule has 0 fully saturated rings. The maximum atomic E-state index is 12.2. The number of ether oxygens (including phenoxy) is 1. The summed E-state index contributed by atoms with van der Waals surface area (Å²) in [7, 11) is 0. The van der Waals surface area contributed by atoms with E-state index in [4.69, 9.17) is 9.26 Å². The van der Waals surface area contributed by atoms with E-state index >= 15 is 0 Å². The Morgan fingerprint density at radius 2 is 1.95 bits per heavy atom. The summed E-state index contributed by atoms with van der Waals surface area (Å²) in [5.74, 6) is 1.36. The summed E-state index contributed by atoms with van der Waals surface area (Å²) in [4.78, 5) is 12.2. The third kappa shape index (κ3) is 3.87. The molecule has 1 amide bonds. The lowest BCUT2D eigenvalue weighted by Gasteiger charge is -2.09. The van der Waals surface area contributed by atoms with Crippen molar-refractivity contribution in [1.29, 1.82) is 0 Å². The van der Waals surface area contributed by atoms with E-state index in [2.05, 4.69) is 10.5 Å². The molecule has 0 aliphatic rings. The Hall–Kier alpha value is -2.30. The topological polar surface area (TPSA) is 64.4 Å². The molecule has 0 aliphatic carbocycles. The summed E-state index contributed by atoms with van der Waals surface area (Å²) < 4.78 is 10.8. The molecule has 0 saturated carbocycles. The van der Waals surface area contributed by atoms with Gasteiger partial charge in [0.05, 0.1) is 12.2 Å². The molecule has 0 spiro atoms. The Kier molecular flexibility index (Phi) is 5.20. The fraction of sp³-hybridized carbons (Fsp3) is 0.412. The predicted molar refractivity (Wildman–Crippen MR) is 84.3 cm³/mol. The van der Waals surface area contributed by atoms with Crippen molar-refractivity contribution in [2.45, 2.75) is 33.6 Å². The zero-order chi connectivity index (χ0) is 16.1. The number of rotatable bonds is 6. The van der Waals surface area contributed by atoms with Crippen LogP contribution in [0, 0.1) is 13.8 Å². The van der Waals surface area contributed by atoms with Crippen molar-refractivity contribution < 1.29 is 14.1 Å². The van der Waals surface area contributed by atoms with E-state index in [0.717, 1.165) is 5.75 Å². The monoisotopic (exact) mass is 302 g/mol. The largest absolute Gasteiger partial charge is 0.492 e. The quantitative estimate of drug-likeness (QED) is 0.832. The Morgan fingerprint density at radius 1 is 1.27 bits per heavy atom. The molecule has 1 heterocycles. The summed E-state index contributed by atoms with van der Waals surface area (Å²) >= 11 is 0. The van der Waals surface area contributed by atoms with Crippen molar-refractivity contribution >= 4 is 5.91 Å². The van der Waals surface area contributed by atoms with E-state index in [1.54, 1.807) is 6.92 Å². The first-order valence-corrected chi connectivity index (χ1v) is 7.43. The summed E-state index contributed by atoms with van der Waals surface area (Å²) in [6.07, 6.45) is 0. The number of nitrogens with zero attached hydrogens (tertiary/aromatic N) is 1. The van der Waals surface area contributed by atoms with Gasteiger partial charge in [0.25, 0.3) is 5.91 Å². The molecule has 0 aliphatic heterocycles. The first-order chi connectivity index (χ1) is 10.5. The van der Waals surface area contributed by atoms with Crippen LogP contribution in [-0.4, -0.2) is 24.2 Å². The van der Waals surface area contributed by atoms with Crippen LogP contribution in [0.3, 0.4) is 0 Å². The Balaban J connectivity index is 1.86. The van der Waals surface area contributed by atoms with E-state index < -0.39 is 0 Å².